The van der Waals surface area contributed by atoms with Gasteiger partial charge in [0.25, 0.3) is 12.4 Å². The Hall–Kier alpha value is 0.0526. The summed E-state index contributed by atoms with van der Waals surface area (Å²) in [6, 6.07) is 18.3. The number of alkyl halides is 1. The number of halogens is 1. The molecule has 2 aromatic rings. The molecule has 0 aliphatic carbocycles. The maximum absolute atomic E-state index is 12.4. The van der Waals surface area contributed by atoms with Gasteiger partial charge in [-0.15, -0.1) is 0 Å². The third-order valence-corrected chi connectivity index (χ3v) is 6.49. The van der Waals surface area contributed by atoms with Gasteiger partial charge in [-0.1, -0.05) is 90.7 Å². The fraction of sp³-hybridized carbons (Fsp3) is 0.407. The van der Waals surface area contributed by atoms with Gasteiger partial charge in [-0.3, -0.25) is 14.5 Å². The first-order chi connectivity index (χ1) is 20.4. The van der Waals surface area contributed by atoms with Gasteiger partial charge in [-0.25, -0.2) is 9.59 Å². The average molecular weight is 805 g/mol. The maximum atomic E-state index is 12.4. The van der Waals surface area contributed by atoms with E-state index in [2.05, 4.69) is 48.6 Å². The molecule has 19 heteroatoms. The Labute approximate surface area is 371 Å². The Morgan fingerprint density at radius 3 is 1.70 bits per heavy atom. The van der Waals surface area contributed by atoms with E-state index < -0.39 is 31.2 Å². The van der Waals surface area contributed by atoms with Crippen LogP contribution in [0.5, 0.6) is 0 Å². The first kappa shape index (κ1) is 50.4. The van der Waals surface area contributed by atoms with Crippen LogP contribution in [0.4, 0.5) is 9.59 Å². The molecule has 2 atom stereocenters. The zero-order chi connectivity index (χ0) is 32.6. The predicted octanol–water partition coefficient (Wildman–Crippen LogP) is -3.25. The number of amides is 5. The molecule has 2 unspecified atom stereocenters. The second kappa shape index (κ2) is 25.9. The molecule has 0 spiro atoms. The van der Waals surface area contributed by atoms with E-state index in [1.807, 2.05) is 41.3 Å². The van der Waals surface area contributed by atoms with E-state index in [4.69, 9.17) is 10.1 Å². The van der Waals surface area contributed by atoms with Crippen molar-refractivity contribution in [3.63, 3.8) is 0 Å². The number of carbonyl (C=O) groups is 4. The molecule has 2 aliphatic rings. The molecule has 6 N–H and O–H groups in total. The molecule has 2 aliphatic heterocycles. The molecular weight excluding hydrogens is 763 g/mol. The van der Waals surface area contributed by atoms with Crippen molar-refractivity contribution < 1.29 is 90.8 Å². The number of nitrogens with zero attached hydrogens (tertiary/aromatic N) is 2. The van der Waals surface area contributed by atoms with Crippen molar-refractivity contribution in [2.45, 2.75) is 32.2 Å². The molecule has 2 fully saturated rings. The smallest absolute Gasteiger partial charge is 0.662 e. The number of urea groups is 2. The van der Waals surface area contributed by atoms with Gasteiger partial charge in [-0.2, -0.15) is 0 Å². The van der Waals surface area contributed by atoms with Crippen molar-refractivity contribution in [2.24, 2.45) is 0 Å². The zero-order valence-corrected chi connectivity index (χ0v) is 35.1. The van der Waals surface area contributed by atoms with E-state index in [1.165, 1.54) is 7.05 Å². The summed E-state index contributed by atoms with van der Waals surface area (Å²) in [6.07, 6.45) is 0. The first-order valence-corrected chi connectivity index (χ1v) is 15.3. The van der Waals surface area contributed by atoms with E-state index in [1.54, 1.807) is 49.9 Å². The van der Waals surface area contributed by atoms with Crippen LogP contribution in [0.2, 0.25) is 13.6 Å². The van der Waals surface area contributed by atoms with Gasteiger partial charge in [0.2, 0.25) is 0 Å². The summed E-state index contributed by atoms with van der Waals surface area (Å²) in [6.45, 7) is 4.24. The Kier molecular flexibility index (Phi) is 28.4. The number of carbonyl (C=O) groups excluding carboxylic acids is 4. The van der Waals surface area contributed by atoms with Gasteiger partial charge in [0.15, 0.2) is 5.54 Å². The summed E-state index contributed by atoms with van der Waals surface area (Å²) in [5.74, 6) is -0.336. The average Bonchev–Trinajstić information content (AvgIpc) is 3.44. The van der Waals surface area contributed by atoms with Gasteiger partial charge in [-0.05, 0) is 29.7 Å². The van der Waals surface area contributed by atoms with Gasteiger partial charge in [0.05, 0.1) is 12.1 Å². The quantitative estimate of drug-likeness (QED) is 0.0285. The summed E-state index contributed by atoms with van der Waals surface area (Å²) in [5, 5.41) is 38.6. The minimum absolute atomic E-state index is 0. The molecule has 14 nitrogen and oxygen atoms in total. The zero-order valence-electron chi connectivity index (χ0n) is 26.7. The molecule has 2 saturated heterocycles. The van der Waals surface area contributed by atoms with Crippen molar-refractivity contribution >= 4 is 113 Å². The molecule has 2 aromatic carbocycles. The van der Waals surface area contributed by atoms with Crippen molar-refractivity contribution in [2.75, 3.05) is 38.7 Å². The molecule has 0 saturated carbocycles. The molecule has 5 amide bonds. The molecule has 46 heavy (non-hydrogen) atoms. The van der Waals surface area contributed by atoms with Crippen LogP contribution in [0.1, 0.15) is 18.6 Å². The van der Waals surface area contributed by atoms with Crippen LogP contribution in [0, 0.1) is 0 Å². The van der Waals surface area contributed by atoms with E-state index in [9.17, 15) is 24.4 Å². The fourth-order valence-electron chi connectivity index (χ4n) is 4.40. The topological polar surface area (TPSA) is 196 Å². The number of imide groups is 1. The van der Waals surface area contributed by atoms with E-state index in [0.29, 0.717) is 18.7 Å². The Bertz CT molecular complexity index is 1180. The maximum Gasteiger partial charge on any atom is 1.00 e. The van der Waals surface area contributed by atoms with Crippen molar-refractivity contribution in [1.82, 2.24) is 30.9 Å². The molecule has 4 rings (SSSR count). The van der Waals surface area contributed by atoms with E-state index in [0.717, 1.165) is 10.5 Å². The molecule has 0 aromatic heterocycles. The third-order valence-electron chi connectivity index (χ3n) is 6.49. The normalized spacial score (nSPS) is 18.9. The number of rotatable bonds is 9. The van der Waals surface area contributed by atoms with Crippen LogP contribution in [0.3, 0.4) is 0 Å². The fourth-order valence-corrected chi connectivity index (χ4v) is 4.40. The summed E-state index contributed by atoms with van der Waals surface area (Å²) in [7, 11) is 1.83. The van der Waals surface area contributed by atoms with Crippen LogP contribution in [-0.2, 0) is 25.6 Å². The van der Waals surface area contributed by atoms with Gasteiger partial charge in [0, 0.05) is 78.6 Å². The summed E-state index contributed by atoms with van der Waals surface area (Å²) >= 11 is 2.15. The predicted molar refractivity (Wildman–Crippen MR) is 182 cm³/mol. The second-order valence-corrected chi connectivity index (χ2v) is 9.61. The number of hydrogen-bond donors (Lipinski definition) is 6. The Morgan fingerprint density at radius 2 is 1.35 bits per heavy atom. The minimum atomic E-state index is -1.16. The van der Waals surface area contributed by atoms with Crippen molar-refractivity contribution in [3.8, 4) is 0 Å². The number of likely N-dealkylation sites (N-methyl/N-ethyl adjacent to an activating group) is 2. The standard InChI is InChI=1S/C12H16BN3O3.C12H18BN3O2.CH3I.CH2O3.CH4.2K/c1-13(19)14-8-12(9-6-4-3-5-7-9)10(17)16(2)11(18)15-12;1-13(18)14-8-12(9-16(2)11(17)15-12)10-6-4-3-5-7-10;1-2;2-1-4-3;;;/h3-7,14,19H,8H2,1-2H3,(H,15,18);3-7,14,18H,8-9H2,1-2H3,(H,15,17);1H3;1,3H;1H4;;/q;;;;;;+1/p-1. The Morgan fingerprint density at radius 1 is 0.913 bits per heavy atom. The van der Waals surface area contributed by atoms with Gasteiger partial charge in [0.1, 0.15) is 0 Å². The van der Waals surface area contributed by atoms with Crippen LogP contribution < -0.4 is 77.7 Å². The summed E-state index contributed by atoms with van der Waals surface area (Å²) < 4.78 is 0. The monoisotopic (exact) mass is 805 g/mol. The van der Waals surface area contributed by atoms with Crippen LogP contribution >= 0.6 is 22.6 Å². The SMILES string of the molecule is C.CB(O)NCC1(c2ccccc2)CN(C)C(=O)N1.CB(O)NCC1(c2ccccc2)NC(=O)N(C)C1=O.CI.O=CO[O-].[K+].[K]. The van der Waals surface area contributed by atoms with Gasteiger partial charge >= 0.3 is 77.5 Å². The Balaban J connectivity index is -0.000000651. The molecular formula is C27H42B2IK2N6O8. The van der Waals surface area contributed by atoms with Gasteiger partial charge < -0.3 is 46.2 Å². The third kappa shape index (κ3) is 14.9. The van der Waals surface area contributed by atoms with E-state index in [-0.39, 0.29) is 135 Å². The molecule has 243 valence electrons. The van der Waals surface area contributed by atoms with Crippen LogP contribution in [0.25, 0.3) is 0 Å². The molecule has 2 heterocycles. The number of hydrogen-bond acceptors (Lipinski definition) is 10. The molecule has 0 bridgehead atoms. The second-order valence-electron chi connectivity index (χ2n) is 9.61. The first-order valence-electron chi connectivity index (χ1n) is 13.1. The van der Waals surface area contributed by atoms with E-state index >= 15 is 0 Å². The minimum Gasteiger partial charge on any atom is -0.662 e. The van der Waals surface area contributed by atoms with Crippen molar-refractivity contribution in [3.05, 3.63) is 71.8 Å². The molecule has 1 radical (unpaired) electrons. The summed E-state index contributed by atoms with van der Waals surface area (Å²) in [4.78, 5) is 51.7. The summed E-state index contributed by atoms with van der Waals surface area (Å²) in [5.41, 5.74) is 0.0791. The van der Waals surface area contributed by atoms with Crippen LogP contribution in [-0.4, -0.2) is 148 Å². The van der Waals surface area contributed by atoms with Crippen LogP contribution in [0.15, 0.2) is 60.7 Å². The number of benzene rings is 2. The number of nitrogens with one attached hydrogen (secondary N) is 4. The largest absolute Gasteiger partial charge is 1.00 e. The van der Waals surface area contributed by atoms with Crippen molar-refractivity contribution in [1.29, 1.82) is 0 Å².